The fraction of sp³-hybridized carbons (Fsp3) is 0.276. The van der Waals surface area contributed by atoms with Crippen LogP contribution in [0.2, 0.25) is 0 Å². The lowest BCUT2D eigenvalue weighted by molar-refractivity contribution is -0.131. The fourth-order valence-corrected chi connectivity index (χ4v) is 4.64. The second kappa shape index (κ2) is 11.7. The summed E-state index contributed by atoms with van der Waals surface area (Å²) in [5.74, 6) is -1.37. The van der Waals surface area contributed by atoms with E-state index in [1.807, 2.05) is 73.7 Å². The summed E-state index contributed by atoms with van der Waals surface area (Å²) in [6.07, 6.45) is 1.23. The van der Waals surface area contributed by atoms with E-state index in [-0.39, 0.29) is 25.2 Å². The largest absolute Gasteiger partial charge is 0.368 e. The van der Waals surface area contributed by atoms with Gasteiger partial charge in [-0.05, 0) is 47.9 Å². The molecule has 0 spiro atoms. The number of nitrogens with one attached hydrogen (secondary N) is 3. The van der Waals surface area contributed by atoms with Crippen LogP contribution in [0.4, 0.5) is 0 Å². The summed E-state index contributed by atoms with van der Waals surface area (Å²) >= 11 is 0. The third-order valence-electron chi connectivity index (χ3n) is 6.61. The maximum atomic E-state index is 13.5. The highest BCUT2D eigenvalue weighted by molar-refractivity contribution is 5.93. The number of fused-ring (bicyclic) bond motifs is 2. The van der Waals surface area contributed by atoms with Gasteiger partial charge in [-0.1, -0.05) is 60.7 Å². The molecule has 4 aromatic rings. The molecule has 0 bridgehead atoms. The van der Waals surface area contributed by atoms with Crippen LogP contribution >= 0.6 is 0 Å². The average molecular weight is 500 g/mol. The van der Waals surface area contributed by atoms with Gasteiger partial charge in [0.05, 0.1) is 0 Å². The number of H-pyrrole nitrogens is 1. The van der Waals surface area contributed by atoms with Crippen LogP contribution in [0.15, 0.2) is 66.7 Å². The quantitative estimate of drug-likeness (QED) is 0.216. The van der Waals surface area contributed by atoms with Crippen molar-refractivity contribution in [2.45, 2.75) is 44.7 Å². The van der Waals surface area contributed by atoms with E-state index >= 15 is 0 Å². The molecular weight excluding hydrogens is 466 g/mol. The average Bonchev–Trinajstić information content (AvgIpc) is 3.21. The first-order valence-electron chi connectivity index (χ1n) is 12.5. The molecular formula is C29H33N5O3. The van der Waals surface area contributed by atoms with E-state index < -0.39 is 23.9 Å². The molecule has 0 saturated carbocycles. The van der Waals surface area contributed by atoms with E-state index in [0.29, 0.717) is 13.0 Å². The Kier molecular flexibility index (Phi) is 8.20. The highest BCUT2D eigenvalue weighted by atomic mass is 16.2. The SMILES string of the molecule is Cc1[nH]c2ccccc2c1C[C@@H](NC(=O)CCCN)C(=O)N[C@H](Cc1ccc2ccccc2c1)C(N)=O. The minimum Gasteiger partial charge on any atom is -0.368 e. The van der Waals surface area contributed by atoms with Gasteiger partial charge in [0, 0.05) is 35.9 Å². The van der Waals surface area contributed by atoms with Crippen molar-refractivity contribution in [3.8, 4) is 0 Å². The van der Waals surface area contributed by atoms with Gasteiger partial charge in [-0.15, -0.1) is 0 Å². The van der Waals surface area contributed by atoms with Gasteiger partial charge in [0.2, 0.25) is 17.7 Å². The smallest absolute Gasteiger partial charge is 0.243 e. The summed E-state index contributed by atoms with van der Waals surface area (Å²) in [6, 6.07) is 19.8. The van der Waals surface area contributed by atoms with Crippen LogP contribution in [0.5, 0.6) is 0 Å². The van der Waals surface area contributed by atoms with Crippen molar-refractivity contribution < 1.29 is 14.4 Å². The number of amides is 3. The highest BCUT2D eigenvalue weighted by Gasteiger charge is 2.27. The zero-order valence-corrected chi connectivity index (χ0v) is 20.9. The molecule has 4 rings (SSSR count). The molecule has 37 heavy (non-hydrogen) atoms. The zero-order chi connectivity index (χ0) is 26.4. The third-order valence-corrected chi connectivity index (χ3v) is 6.61. The molecule has 0 aliphatic heterocycles. The van der Waals surface area contributed by atoms with Crippen LogP contribution in [0.25, 0.3) is 21.7 Å². The Bertz CT molecular complexity index is 1430. The van der Waals surface area contributed by atoms with E-state index in [4.69, 9.17) is 11.5 Å². The molecule has 0 fully saturated rings. The monoisotopic (exact) mass is 499 g/mol. The predicted molar refractivity (Wildman–Crippen MR) is 146 cm³/mol. The lowest BCUT2D eigenvalue weighted by Crippen LogP contribution is -2.54. The van der Waals surface area contributed by atoms with Crippen LogP contribution in [-0.2, 0) is 27.2 Å². The second-order valence-corrected chi connectivity index (χ2v) is 9.34. The van der Waals surface area contributed by atoms with Gasteiger partial charge in [-0.2, -0.15) is 0 Å². The Hall–Kier alpha value is -4.17. The molecule has 0 aliphatic rings. The number of aromatic nitrogens is 1. The number of benzene rings is 3. The van der Waals surface area contributed by atoms with Crippen molar-refractivity contribution in [3.05, 3.63) is 83.6 Å². The van der Waals surface area contributed by atoms with Gasteiger partial charge < -0.3 is 27.1 Å². The number of aryl methyl sites for hydroxylation is 1. The normalized spacial score (nSPS) is 12.8. The number of aromatic amines is 1. The molecule has 2 atom stereocenters. The standard InChI is InChI=1S/C29H33N5O3/c1-18-23(22-9-4-5-10-24(22)32-18)17-26(33-27(35)11-6-14-30)29(37)34-25(28(31)36)16-19-12-13-20-7-2-3-8-21(20)15-19/h2-5,7-10,12-13,15,25-26,32H,6,11,14,16-17,30H2,1H3,(H2,31,36)(H,33,35)(H,34,37)/t25-,26-/m1/s1. The van der Waals surface area contributed by atoms with Crippen molar-refractivity contribution in [1.82, 2.24) is 15.6 Å². The number of hydrogen-bond donors (Lipinski definition) is 5. The maximum Gasteiger partial charge on any atom is 0.243 e. The molecule has 7 N–H and O–H groups in total. The van der Waals surface area contributed by atoms with Crippen LogP contribution in [0.1, 0.15) is 29.7 Å². The zero-order valence-electron chi connectivity index (χ0n) is 20.9. The Morgan fingerprint density at radius 2 is 1.62 bits per heavy atom. The van der Waals surface area contributed by atoms with Gasteiger partial charge in [0.15, 0.2) is 0 Å². The Morgan fingerprint density at radius 1 is 0.892 bits per heavy atom. The Morgan fingerprint density at radius 3 is 2.38 bits per heavy atom. The second-order valence-electron chi connectivity index (χ2n) is 9.34. The number of rotatable bonds is 11. The van der Waals surface area contributed by atoms with Crippen LogP contribution in [0.3, 0.4) is 0 Å². The van der Waals surface area contributed by atoms with Crippen molar-refractivity contribution in [3.63, 3.8) is 0 Å². The van der Waals surface area contributed by atoms with Crippen molar-refractivity contribution in [2.24, 2.45) is 11.5 Å². The molecule has 0 saturated heterocycles. The molecule has 0 radical (unpaired) electrons. The van der Waals surface area contributed by atoms with E-state index in [0.717, 1.165) is 38.5 Å². The van der Waals surface area contributed by atoms with Gasteiger partial charge >= 0.3 is 0 Å². The molecule has 192 valence electrons. The number of nitrogens with two attached hydrogens (primary N) is 2. The Balaban J connectivity index is 1.56. The first-order chi connectivity index (χ1) is 17.9. The van der Waals surface area contributed by atoms with Gasteiger partial charge in [0.1, 0.15) is 12.1 Å². The molecule has 3 aromatic carbocycles. The highest BCUT2D eigenvalue weighted by Crippen LogP contribution is 2.23. The predicted octanol–water partition coefficient (Wildman–Crippen LogP) is 2.61. The summed E-state index contributed by atoms with van der Waals surface area (Å²) < 4.78 is 0. The molecule has 8 nitrogen and oxygen atoms in total. The number of hydrogen-bond acceptors (Lipinski definition) is 4. The maximum absolute atomic E-state index is 13.5. The number of para-hydroxylation sites is 1. The molecule has 1 heterocycles. The summed E-state index contributed by atoms with van der Waals surface area (Å²) in [5, 5.41) is 8.74. The molecule has 8 heteroatoms. The summed E-state index contributed by atoms with van der Waals surface area (Å²) in [6.45, 7) is 2.31. The van der Waals surface area contributed by atoms with E-state index in [9.17, 15) is 14.4 Å². The summed E-state index contributed by atoms with van der Waals surface area (Å²) in [7, 11) is 0. The first-order valence-corrected chi connectivity index (χ1v) is 12.5. The fourth-order valence-electron chi connectivity index (χ4n) is 4.64. The first kappa shape index (κ1) is 25.9. The lowest BCUT2D eigenvalue weighted by Gasteiger charge is -2.22. The van der Waals surface area contributed by atoms with Crippen LogP contribution < -0.4 is 22.1 Å². The van der Waals surface area contributed by atoms with E-state index in [1.165, 1.54) is 0 Å². The molecule has 0 aliphatic carbocycles. The van der Waals surface area contributed by atoms with Crippen LogP contribution in [-0.4, -0.2) is 41.3 Å². The molecule has 3 amide bonds. The topological polar surface area (TPSA) is 143 Å². The number of primary amides is 1. The van der Waals surface area contributed by atoms with E-state index in [2.05, 4.69) is 15.6 Å². The van der Waals surface area contributed by atoms with Crippen LogP contribution in [0, 0.1) is 6.92 Å². The number of carbonyl (C=O) groups is 3. The van der Waals surface area contributed by atoms with Crippen molar-refractivity contribution in [1.29, 1.82) is 0 Å². The van der Waals surface area contributed by atoms with Crippen molar-refractivity contribution >= 4 is 39.4 Å². The number of carbonyl (C=O) groups excluding carboxylic acids is 3. The Labute approximate surface area is 215 Å². The summed E-state index contributed by atoms with van der Waals surface area (Å²) in [5.41, 5.74) is 14.9. The van der Waals surface area contributed by atoms with Gasteiger partial charge in [0.25, 0.3) is 0 Å². The molecule has 0 unspecified atom stereocenters. The third kappa shape index (κ3) is 6.34. The lowest BCUT2D eigenvalue weighted by atomic mass is 9.99. The minimum atomic E-state index is -0.929. The summed E-state index contributed by atoms with van der Waals surface area (Å²) in [4.78, 5) is 41.7. The van der Waals surface area contributed by atoms with E-state index in [1.54, 1.807) is 0 Å². The molecule has 1 aromatic heterocycles. The van der Waals surface area contributed by atoms with Crippen molar-refractivity contribution in [2.75, 3.05) is 6.54 Å². The minimum absolute atomic E-state index is 0.212. The van der Waals surface area contributed by atoms with Gasteiger partial charge in [-0.25, -0.2) is 0 Å². The van der Waals surface area contributed by atoms with Gasteiger partial charge in [-0.3, -0.25) is 14.4 Å².